The third kappa shape index (κ3) is 3.33. The molecule has 0 spiro atoms. The van der Waals surface area contributed by atoms with E-state index in [1.807, 2.05) is 30.5 Å². The Balaban J connectivity index is 1.46. The number of carbonyl (C=O) groups is 3. The van der Waals surface area contributed by atoms with Crippen molar-refractivity contribution >= 4 is 40.5 Å². The summed E-state index contributed by atoms with van der Waals surface area (Å²) in [7, 11) is 0. The van der Waals surface area contributed by atoms with E-state index in [1.165, 1.54) is 11.3 Å². The number of aliphatic carboxylic acids is 1. The molecule has 28 heavy (non-hydrogen) atoms. The van der Waals surface area contributed by atoms with Gasteiger partial charge in [0.2, 0.25) is 5.91 Å². The highest BCUT2D eigenvalue weighted by molar-refractivity contribution is 7.12. The maximum Gasteiger partial charge on any atom is 0.265 e. The lowest BCUT2D eigenvalue weighted by Crippen LogP contribution is -2.42. The van der Waals surface area contributed by atoms with Crippen molar-refractivity contribution in [2.75, 3.05) is 10.6 Å². The fraction of sp³-hybridized carbons (Fsp3) is 0.286. The number of aryl methyl sites for hydroxylation is 1. The van der Waals surface area contributed by atoms with Crippen LogP contribution in [0.1, 0.15) is 21.7 Å². The molecular formula is C21H19N2O4S-. The van der Waals surface area contributed by atoms with Crippen molar-refractivity contribution in [2.24, 2.45) is 23.7 Å². The van der Waals surface area contributed by atoms with E-state index in [-0.39, 0.29) is 23.7 Å². The molecule has 0 saturated heterocycles. The van der Waals surface area contributed by atoms with Gasteiger partial charge in [-0.25, -0.2) is 0 Å². The first kappa shape index (κ1) is 18.4. The summed E-state index contributed by atoms with van der Waals surface area (Å²) in [5, 5.41) is 19.0. The molecule has 2 N–H and O–H groups in total. The smallest absolute Gasteiger partial charge is 0.265 e. The highest BCUT2D eigenvalue weighted by Crippen LogP contribution is 2.48. The van der Waals surface area contributed by atoms with Gasteiger partial charge in [0.25, 0.3) is 5.91 Å². The SMILES string of the molecule is Cc1cc(NC(=O)[C@@H]2[C@@H](C(=O)[O-])[C@H]3C=C[C@H]2C3)ccc1NC(=O)c1cccs1. The summed E-state index contributed by atoms with van der Waals surface area (Å²) in [4.78, 5) is 37.1. The molecule has 2 aliphatic rings. The van der Waals surface area contributed by atoms with Gasteiger partial charge in [-0.15, -0.1) is 11.3 Å². The number of hydrogen-bond donors (Lipinski definition) is 2. The van der Waals surface area contributed by atoms with E-state index in [4.69, 9.17) is 0 Å². The van der Waals surface area contributed by atoms with E-state index in [1.54, 1.807) is 24.3 Å². The Bertz CT molecular complexity index is 967. The molecule has 2 aromatic rings. The quantitative estimate of drug-likeness (QED) is 0.760. The third-order valence-corrected chi connectivity index (χ3v) is 6.39. The first-order valence-corrected chi connectivity index (χ1v) is 9.97. The van der Waals surface area contributed by atoms with Gasteiger partial charge in [0.05, 0.1) is 10.8 Å². The average molecular weight is 395 g/mol. The first-order valence-electron chi connectivity index (χ1n) is 9.09. The molecular weight excluding hydrogens is 376 g/mol. The number of benzene rings is 1. The Morgan fingerprint density at radius 1 is 1.07 bits per heavy atom. The predicted octanol–water partition coefficient (Wildman–Crippen LogP) is 2.44. The molecule has 1 aromatic heterocycles. The Kier molecular flexibility index (Phi) is 4.77. The zero-order chi connectivity index (χ0) is 19.8. The third-order valence-electron chi connectivity index (χ3n) is 5.52. The Labute approximate surface area is 166 Å². The van der Waals surface area contributed by atoms with Crippen LogP contribution in [0.5, 0.6) is 0 Å². The molecule has 0 radical (unpaired) electrons. The van der Waals surface area contributed by atoms with Crippen molar-refractivity contribution in [1.82, 2.24) is 0 Å². The van der Waals surface area contributed by atoms with Crippen LogP contribution in [-0.2, 0) is 9.59 Å². The summed E-state index contributed by atoms with van der Waals surface area (Å²) in [6, 6.07) is 8.76. The molecule has 4 atom stereocenters. The number of amides is 2. The number of rotatable bonds is 5. The normalized spacial score (nSPS) is 24.9. The van der Waals surface area contributed by atoms with Crippen LogP contribution in [0, 0.1) is 30.6 Å². The molecule has 2 amide bonds. The second-order valence-corrected chi connectivity index (χ2v) is 8.22. The van der Waals surface area contributed by atoms with Gasteiger partial charge in [-0.1, -0.05) is 18.2 Å². The summed E-state index contributed by atoms with van der Waals surface area (Å²) in [5.74, 6) is -3.22. The van der Waals surface area contributed by atoms with Crippen LogP contribution in [0.25, 0.3) is 0 Å². The van der Waals surface area contributed by atoms with Gasteiger partial charge in [0, 0.05) is 23.3 Å². The maximum absolute atomic E-state index is 12.7. The van der Waals surface area contributed by atoms with Gasteiger partial charge in [0.1, 0.15) is 0 Å². The number of thiophene rings is 1. The predicted molar refractivity (Wildman–Crippen MR) is 105 cm³/mol. The van der Waals surface area contributed by atoms with Crippen molar-refractivity contribution in [3.63, 3.8) is 0 Å². The summed E-state index contributed by atoms with van der Waals surface area (Å²) in [6.45, 7) is 1.84. The van der Waals surface area contributed by atoms with Gasteiger partial charge >= 0.3 is 0 Å². The van der Waals surface area contributed by atoms with E-state index >= 15 is 0 Å². The lowest BCUT2D eigenvalue weighted by molar-refractivity contribution is -0.313. The van der Waals surface area contributed by atoms with E-state index < -0.39 is 17.8 Å². The Morgan fingerprint density at radius 2 is 1.82 bits per heavy atom. The zero-order valence-electron chi connectivity index (χ0n) is 15.2. The topological polar surface area (TPSA) is 98.3 Å². The molecule has 7 heteroatoms. The minimum absolute atomic E-state index is 0.0571. The largest absolute Gasteiger partial charge is 0.550 e. The van der Waals surface area contributed by atoms with Gasteiger partial charge < -0.3 is 20.5 Å². The molecule has 6 nitrogen and oxygen atoms in total. The van der Waals surface area contributed by atoms with Crippen LogP contribution in [0.3, 0.4) is 0 Å². The number of anilines is 2. The van der Waals surface area contributed by atoms with Crippen LogP contribution in [0.4, 0.5) is 11.4 Å². The summed E-state index contributed by atoms with van der Waals surface area (Å²) in [6.07, 6.45) is 4.50. The van der Waals surface area contributed by atoms with Crippen molar-refractivity contribution in [3.05, 3.63) is 58.3 Å². The monoisotopic (exact) mass is 395 g/mol. The molecule has 1 fully saturated rings. The Morgan fingerprint density at radius 3 is 2.46 bits per heavy atom. The molecule has 2 bridgehead atoms. The first-order chi connectivity index (χ1) is 13.4. The number of allylic oxidation sites excluding steroid dienone is 2. The van der Waals surface area contributed by atoms with Crippen LogP contribution in [0.15, 0.2) is 47.9 Å². The number of carboxylic acid groups (broad SMARTS) is 1. The number of carbonyl (C=O) groups excluding carboxylic acids is 3. The van der Waals surface area contributed by atoms with E-state index in [0.29, 0.717) is 22.7 Å². The molecule has 0 unspecified atom stereocenters. The van der Waals surface area contributed by atoms with Crippen molar-refractivity contribution < 1.29 is 19.5 Å². The van der Waals surface area contributed by atoms with Crippen molar-refractivity contribution in [2.45, 2.75) is 13.3 Å². The van der Waals surface area contributed by atoms with Gasteiger partial charge in [0.15, 0.2) is 0 Å². The van der Waals surface area contributed by atoms with E-state index in [2.05, 4.69) is 10.6 Å². The number of fused-ring (bicyclic) bond motifs is 2. The molecule has 1 heterocycles. The highest BCUT2D eigenvalue weighted by atomic mass is 32.1. The Hall–Kier alpha value is -2.93. The van der Waals surface area contributed by atoms with Crippen LogP contribution >= 0.6 is 11.3 Å². The summed E-state index contributed by atoms with van der Waals surface area (Å²) >= 11 is 1.36. The fourth-order valence-corrected chi connectivity index (χ4v) is 4.82. The van der Waals surface area contributed by atoms with Crippen molar-refractivity contribution in [1.29, 1.82) is 0 Å². The summed E-state index contributed by atoms with van der Waals surface area (Å²) in [5.41, 5.74) is 2.03. The highest BCUT2D eigenvalue weighted by Gasteiger charge is 2.48. The maximum atomic E-state index is 12.7. The van der Waals surface area contributed by atoms with Gasteiger partial charge in [-0.3, -0.25) is 9.59 Å². The molecule has 0 aliphatic heterocycles. The average Bonchev–Trinajstić information content (AvgIpc) is 3.40. The fourth-order valence-electron chi connectivity index (χ4n) is 4.20. The standard InChI is InChI=1S/C21H20N2O4S/c1-11-9-14(6-7-15(11)23-19(24)16-3-2-8-28-16)22-20(25)17-12-4-5-13(10-12)18(17)21(26)27/h2-9,12-13,17-18H,10H2,1H3,(H,22,25)(H,23,24)(H,26,27)/p-1/t12-,13-,17-,18-/m0/s1. The molecule has 4 rings (SSSR count). The second kappa shape index (κ2) is 7.24. The lowest BCUT2D eigenvalue weighted by Gasteiger charge is -2.27. The molecule has 1 aromatic carbocycles. The summed E-state index contributed by atoms with van der Waals surface area (Å²) < 4.78 is 0. The minimum atomic E-state index is -1.17. The van der Waals surface area contributed by atoms with Crippen molar-refractivity contribution in [3.8, 4) is 0 Å². The minimum Gasteiger partial charge on any atom is -0.550 e. The van der Waals surface area contributed by atoms with Crippen LogP contribution in [-0.4, -0.2) is 17.8 Å². The molecule has 1 saturated carbocycles. The number of hydrogen-bond acceptors (Lipinski definition) is 5. The van der Waals surface area contributed by atoms with Crippen LogP contribution < -0.4 is 15.7 Å². The number of carboxylic acids is 1. The molecule has 2 aliphatic carbocycles. The lowest BCUT2D eigenvalue weighted by atomic mass is 9.82. The second-order valence-electron chi connectivity index (χ2n) is 7.27. The van der Waals surface area contributed by atoms with Gasteiger partial charge in [-0.2, -0.15) is 0 Å². The van der Waals surface area contributed by atoms with Gasteiger partial charge in [-0.05, 0) is 60.4 Å². The van der Waals surface area contributed by atoms with Crippen LogP contribution in [0.2, 0.25) is 0 Å². The van der Waals surface area contributed by atoms with E-state index in [0.717, 1.165) is 5.56 Å². The zero-order valence-corrected chi connectivity index (χ0v) is 16.0. The number of nitrogens with one attached hydrogen (secondary N) is 2. The molecule has 144 valence electrons. The van der Waals surface area contributed by atoms with E-state index in [9.17, 15) is 19.5 Å².